The van der Waals surface area contributed by atoms with E-state index in [9.17, 15) is 0 Å². The van der Waals surface area contributed by atoms with Crippen LogP contribution in [0.3, 0.4) is 0 Å². The number of rotatable bonds is 3. The molecule has 1 aliphatic rings. The standard InChI is InChI=1S/C17H20N2O2/c1-11-8-12(2)16(19-10-11)17(18-3)13-4-5-14-15(9-13)21-7-6-20-14/h4-5,8-10,17-18H,6-7H2,1-3H3. The summed E-state index contributed by atoms with van der Waals surface area (Å²) in [5, 5.41) is 3.34. The Bertz CT molecular complexity index is 655. The molecule has 0 aliphatic carbocycles. The van der Waals surface area contributed by atoms with Crippen LogP contribution in [0.5, 0.6) is 11.5 Å². The zero-order valence-corrected chi connectivity index (χ0v) is 12.6. The van der Waals surface area contributed by atoms with Crippen LogP contribution in [0.15, 0.2) is 30.5 Å². The molecule has 0 saturated carbocycles. The van der Waals surface area contributed by atoms with Crippen LogP contribution in [0.25, 0.3) is 0 Å². The molecule has 21 heavy (non-hydrogen) atoms. The first-order valence-corrected chi connectivity index (χ1v) is 7.19. The molecule has 1 aromatic carbocycles. The summed E-state index contributed by atoms with van der Waals surface area (Å²) < 4.78 is 11.2. The lowest BCUT2D eigenvalue weighted by Crippen LogP contribution is -2.21. The van der Waals surface area contributed by atoms with Crippen molar-refractivity contribution in [3.63, 3.8) is 0 Å². The fourth-order valence-corrected chi connectivity index (χ4v) is 2.73. The molecular weight excluding hydrogens is 264 g/mol. The summed E-state index contributed by atoms with van der Waals surface area (Å²) in [5.41, 5.74) is 4.53. The first kappa shape index (κ1) is 13.9. The molecule has 0 bridgehead atoms. The van der Waals surface area contributed by atoms with Gasteiger partial charge in [0.2, 0.25) is 0 Å². The lowest BCUT2D eigenvalue weighted by molar-refractivity contribution is 0.171. The van der Waals surface area contributed by atoms with Crippen molar-refractivity contribution < 1.29 is 9.47 Å². The summed E-state index contributed by atoms with van der Waals surface area (Å²) in [4.78, 5) is 4.60. The predicted octanol–water partition coefficient (Wildman–Crippen LogP) is 2.78. The number of pyridine rings is 1. The number of fused-ring (bicyclic) bond motifs is 1. The second kappa shape index (κ2) is 5.74. The first-order valence-electron chi connectivity index (χ1n) is 7.19. The third-order valence-electron chi connectivity index (χ3n) is 3.72. The number of ether oxygens (including phenoxy) is 2. The second-order valence-corrected chi connectivity index (χ2v) is 5.34. The van der Waals surface area contributed by atoms with Crippen LogP contribution in [0, 0.1) is 13.8 Å². The van der Waals surface area contributed by atoms with Gasteiger partial charge in [0.05, 0.1) is 11.7 Å². The lowest BCUT2D eigenvalue weighted by atomic mass is 9.99. The van der Waals surface area contributed by atoms with E-state index >= 15 is 0 Å². The topological polar surface area (TPSA) is 43.4 Å². The number of benzene rings is 1. The van der Waals surface area contributed by atoms with Crippen molar-refractivity contribution in [1.29, 1.82) is 0 Å². The van der Waals surface area contributed by atoms with Crippen LogP contribution in [-0.4, -0.2) is 25.2 Å². The highest BCUT2D eigenvalue weighted by Gasteiger charge is 2.19. The van der Waals surface area contributed by atoms with E-state index < -0.39 is 0 Å². The van der Waals surface area contributed by atoms with E-state index in [-0.39, 0.29) is 6.04 Å². The minimum absolute atomic E-state index is 0.0430. The Kier molecular flexibility index (Phi) is 3.80. The Morgan fingerprint density at radius 2 is 1.86 bits per heavy atom. The first-order chi connectivity index (χ1) is 10.2. The summed E-state index contributed by atoms with van der Waals surface area (Å²) in [6, 6.07) is 8.27. The van der Waals surface area contributed by atoms with Gasteiger partial charge in [-0.15, -0.1) is 0 Å². The highest BCUT2D eigenvalue weighted by Crippen LogP contribution is 2.34. The number of nitrogens with one attached hydrogen (secondary N) is 1. The van der Waals surface area contributed by atoms with Crippen molar-refractivity contribution in [2.75, 3.05) is 20.3 Å². The number of nitrogens with zero attached hydrogens (tertiary/aromatic N) is 1. The van der Waals surface area contributed by atoms with Crippen LogP contribution < -0.4 is 14.8 Å². The average molecular weight is 284 g/mol. The van der Waals surface area contributed by atoms with Crippen molar-refractivity contribution in [2.45, 2.75) is 19.9 Å². The lowest BCUT2D eigenvalue weighted by Gasteiger charge is -2.22. The van der Waals surface area contributed by atoms with E-state index in [4.69, 9.17) is 9.47 Å². The zero-order valence-electron chi connectivity index (χ0n) is 12.6. The van der Waals surface area contributed by atoms with Gasteiger partial charge in [0.25, 0.3) is 0 Å². The molecule has 1 atom stereocenters. The van der Waals surface area contributed by atoms with Crippen LogP contribution in [0.4, 0.5) is 0 Å². The minimum Gasteiger partial charge on any atom is -0.486 e. The van der Waals surface area contributed by atoms with Gasteiger partial charge in [0.1, 0.15) is 13.2 Å². The third-order valence-corrected chi connectivity index (χ3v) is 3.72. The Morgan fingerprint density at radius 1 is 1.10 bits per heavy atom. The summed E-state index contributed by atoms with van der Waals surface area (Å²) in [5.74, 6) is 1.62. The molecule has 2 aromatic rings. The third kappa shape index (κ3) is 2.72. The fraction of sp³-hybridized carbons (Fsp3) is 0.353. The molecule has 1 unspecified atom stereocenters. The number of aryl methyl sites for hydroxylation is 2. The molecule has 1 N–H and O–H groups in total. The summed E-state index contributed by atoms with van der Waals surface area (Å²) in [7, 11) is 1.95. The van der Waals surface area contributed by atoms with Gasteiger partial charge in [-0.1, -0.05) is 12.1 Å². The van der Waals surface area contributed by atoms with E-state index in [1.165, 1.54) is 11.1 Å². The van der Waals surface area contributed by atoms with Crippen molar-refractivity contribution in [2.24, 2.45) is 0 Å². The van der Waals surface area contributed by atoms with Gasteiger partial charge in [-0.05, 0) is 49.7 Å². The van der Waals surface area contributed by atoms with Crippen molar-refractivity contribution in [3.05, 3.63) is 52.8 Å². The van der Waals surface area contributed by atoms with Gasteiger partial charge >= 0.3 is 0 Å². The molecule has 0 saturated heterocycles. The van der Waals surface area contributed by atoms with Crippen LogP contribution in [-0.2, 0) is 0 Å². The molecule has 0 fully saturated rings. The van der Waals surface area contributed by atoms with Gasteiger partial charge in [0.15, 0.2) is 11.5 Å². The molecule has 110 valence electrons. The van der Waals surface area contributed by atoms with Crippen molar-refractivity contribution in [1.82, 2.24) is 10.3 Å². The molecule has 4 heteroatoms. The number of hydrogen-bond acceptors (Lipinski definition) is 4. The van der Waals surface area contributed by atoms with Crippen LogP contribution in [0.2, 0.25) is 0 Å². The molecule has 4 nitrogen and oxygen atoms in total. The van der Waals surface area contributed by atoms with Crippen molar-refractivity contribution in [3.8, 4) is 11.5 Å². The van der Waals surface area contributed by atoms with Gasteiger partial charge in [-0.3, -0.25) is 4.98 Å². The quantitative estimate of drug-likeness (QED) is 0.941. The van der Waals surface area contributed by atoms with E-state index in [0.29, 0.717) is 13.2 Å². The fourth-order valence-electron chi connectivity index (χ4n) is 2.73. The maximum atomic E-state index is 5.67. The largest absolute Gasteiger partial charge is 0.486 e. The maximum Gasteiger partial charge on any atom is 0.161 e. The highest BCUT2D eigenvalue weighted by molar-refractivity contribution is 5.46. The summed E-state index contributed by atoms with van der Waals surface area (Å²) in [6.45, 7) is 5.36. The van der Waals surface area contributed by atoms with Gasteiger partial charge in [-0.2, -0.15) is 0 Å². The maximum absolute atomic E-state index is 5.67. The summed E-state index contributed by atoms with van der Waals surface area (Å²) in [6.07, 6.45) is 1.91. The van der Waals surface area contributed by atoms with E-state index in [1.54, 1.807) is 0 Å². The van der Waals surface area contributed by atoms with Gasteiger partial charge in [-0.25, -0.2) is 0 Å². The Hall–Kier alpha value is -2.07. The van der Waals surface area contributed by atoms with E-state index in [1.807, 2.05) is 25.4 Å². The average Bonchev–Trinajstić information content (AvgIpc) is 2.50. The van der Waals surface area contributed by atoms with Crippen LogP contribution in [0.1, 0.15) is 28.4 Å². The smallest absolute Gasteiger partial charge is 0.161 e. The monoisotopic (exact) mass is 284 g/mol. The Labute approximate surface area is 125 Å². The SMILES string of the molecule is CNC(c1ccc2c(c1)OCCO2)c1ncc(C)cc1C. The molecule has 2 heterocycles. The minimum atomic E-state index is 0.0430. The number of aromatic nitrogens is 1. The number of hydrogen-bond donors (Lipinski definition) is 1. The Morgan fingerprint density at radius 3 is 2.57 bits per heavy atom. The zero-order chi connectivity index (χ0) is 14.8. The predicted molar refractivity (Wildman–Crippen MR) is 82.0 cm³/mol. The molecule has 3 rings (SSSR count). The molecule has 1 aliphatic heterocycles. The Balaban J connectivity index is 1.99. The highest BCUT2D eigenvalue weighted by atomic mass is 16.6. The molecule has 0 amide bonds. The van der Waals surface area contributed by atoms with E-state index in [2.05, 4.69) is 36.3 Å². The van der Waals surface area contributed by atoms with Crippen molar-refractivity contribution >= 4 is 0 Å². The van der Waals surface area contributed by atoms with Gasteiger partial charge in [0, 0.05) is 6.20 Å². The molecular formula is C17H20N2O2. The second-order valence-electron chi connectivity index (χ2n) is 5.34. The molecule has 0 spiro atoms. The van der Waals surface area contributed by atoms with Gasteiger partial charge < -0.3 is 14.8 Å². The molecule has 0 radical (unpaired) electrons. The molecule has 1 aromatic heterocycles. The van der Waals surface area contributed by atoms with Crippen LogP contribution >= 0.6 is 0 Å². The van der Waals surface area contributed by atoms with E-state index in [0.717, 1.165) is 22.8 Å². The normalized spacial score (nSPS) is 14.8. The summed E-state index contributed by atoms with van der Waals surface area (Å²) >= 11 is 0.